The molecule has 0 heterocycles. The van der Waals surface area contributed by atoms with E-state index in [1.807, 2.05) is 39.0 Å². The molecular weight excluding hydrogens is 239 g/mol. The first kappa shape index (κ1) is 13.8. The van der Waals surface area contributed by atoms with Crippen molar-refractivity contribution in [1.29, 1.82) is 0 Å². The van der Waals surface area contributed by atoms with Crippen LogP contribution < -0.4 is 0 Å². The number of aliphatic hydroxyl groups is 1. The molecule has 0 amide bonds. The topological polar surface area (TPSA) is 20.2 Å². The summed E-state index contributed by atoms with van der Waals surface area (Å²) < 4.78 is 13.5. The van der Waals surface area contributed by atoms with E-state index in [0.29, 0.717) is 5.56 Å². The predicted octanol–water partition coefficient (Wildman–Crippen LogP) is 4.01. The van der Waals surface area contributed by atoms with Crippen LogP contribution in [0, 0.1) is 26.6 Å². The van der Waals surface area contributed by atoms with Crippen LogP contribution in [0.15, 0.2) is 36.4 Å². The normalized spacial score (nSPS) is 14.2. The van der Waals surface area contributed by atoms with Crippen molar-refractivity contribution in [3.05, 3.63) is 70.0 Å². The second-order valence-electron chi connectivity index (χ2n) is 5.35. The third kappa shape index (κ3) is 2.54. The van der Waals surface area contributed by atoms with Gasteiger partial charge in [0.25, 0.3) is 0 Å². The number of halogens is 1. The molecule has 0 bridgehead atoms. The number of aryl methyl sites for hydroxylation is 3. The minimum Gasteiger partial charge on any atom is -0.381 e. The quantitative estimate of drug-likeness (QED) is 0.863. The van der Waals surface area contributed by atoms with E-state index in [2.05, 4.69) is 0 Å². The average Bonchev–Trinajstić information content (AvgIpc) is 2.35. The molecule has 0 aromatic heterocycles. The summed E-state index contributed by atoms with van der Waals surface area (Å²) >= 11 is 0. The van der Waals surface area contributed by atoms with Gasteiger partial charge in [-0.2, -0.15) is 0 Å². The van der Waals surface area contributed by atoms with E-state index in [4.69, 9.17) is 0 Å². The Morgan fingerprint density at radius 3 is 2.05 bits per heavy atom. The fraction of sp³-hybridized carbons (Fsp3) is 0.294. The molecule has 1 N–H and O–H groups in total. The summed E-state index contributed by atoms with van der Waals surface area (Å²) in [6.45, 7) is 7.54. The number of benzene rings is 2. The van der Waals surface area contributed by atoms with Gasteiger partial charge in [0.1, 0.15) is 11.4 Å². The van der Waals surface area contributed by atoms with Gasteiger partial charge in [-0.15, -0.1) is 0 Å². The molecule has 2 aromatic carbocycles. The molecule has 100 valence electrons. The molecule has 2 heteroatoms. The van der Waals surface area contributed by atoms with Crippen LogP contribution in [0.5, 0.6) is 0 Å². The average molecular weight is 258 g/mol. The zero-order valence-corrected chi connectivity index (χ0v) is 11.8. The Kier molecular flexibility index (Phi) is 3.46. The maximum Gasteiger partial charge on any atom is 0.123 e. The smallest absolute Gasteiger partial charge is 0.123 e. The fourth-order valence-electron chi connectivity index (χ4n) is 2.52. The third-order valence-corrected chi connectivity index (χ3v) is 3.64. The van der Waals surface area contributed by atoms with Crippen LogP contribution in [0.2, 0.25) is 0 Å². The van der Waals surface area contributed by atoms with Crippen LogP contribution in [-0.4, -0.2) is 5.11 Å². The lowest BCUT2D eigenvalue weighted by Crippen LogP contribution is -2.25. The van der Waals surface area contributed by atoms with Crippen LogP contribution in [0.25, 0.3) is 0 Å². The molecule has 0 aliphatic carbocycles. The molecule has 0 radical (unpaired) electrons. The van der Waals surface area contributed by atoms with E-state index in [1.54, 1.807) is 13.0 Å². The zero-order chi connectivity index (χ0) is 14.2. The van der Waals surface area contributed by atoms with Gasteiger partial charge in [-0.05, 0) is 62.1 Å². The lowest BCUT2D eigenvalue weighted by molar-refractivity contribution is 0.100. The molecule has 0 saturated carbocycles. The van der Waals surface area contributed by atoms with Crippen molar-refractivity contribution in [2.75, 3.05) is 0 Å². The van der Waals surface area contributed by atoms with Crippen LogP contribution in [0.3, 0.4) is 0 Å². The molecule has 2 aromatic rings. The SMILES string of the molecule is Cc1ccc(C)c(C(C)(O)c2cc(F)ccc2C)c1. The van der Waals surface area contributed by atoms with E-state index in [1.165, 1.54) is 12.1 Å². The Hall–Kier alpha value is -1.67. The van der Waals surface area contributed by atoms with Crippen molar-refractivity contribution in [3.8, 4) is 0 Å². The maximum atomic E-state index is 13.5. The van der Waals surface area contributed by atoms with Gasteiger partial charge in [-0.3, -0.25) is 0 Å². The van der Waals surface area contributed by atoms with E-state index >= 15 is 0 Å². The Morgan fingerprint density at radius 2 is 1.42 bits per heavy atom. The minimum absolute atomic E-state index is 0.328. The van der Waals surface area contributed by atoms with E-state index in [0.717, 1.165) is 22.3 Å². The van der Waals surface area contributed by atoms with Crippen molar-refractivity contribution in [3.63, 3.8) is 0 Å². The first-order valence-electron chi connectivity index (χ1n) is 6.39. The van der Waals surface area contributed by atoms with Crippen LogP contribution in [0.1, 0.15) is 34.7 Å². The Balaban J connectivity index is 2.64. The third-order valence-electron chi connectivity index (χ3n) is 3.64. The van der Waals surface area contributed by atoms with Gasteiger partial charge < -0.3 is 5.11 Å². The van der Waals surface area contributed by atoms with Gasteiger partial charge in [0.05, 0.1) is 0 Å². The molecular formula is C17H19FO. The maximum absolute atomic E-state index is 13.5. The van der Waals surface area contributed by atoms with Crippen LogP contribution in [-0.2, 0) is 5.60 Å². The lowest BCUT2D eigenvalue weighted by atomic mass is 9.83. The molecule has 0 aliphatic rings. The largest absolute Gasteiger partial charge is 0.381 e. The van der Waals surface area contributed by atoms with Gasteiger partial charge in [0.2, 0.25) is 0 Å². The lowest BCUT2D eigenvalue weighted by Gasteiger charge is -2.28. The summed E-state index contributed by atoms with van der Waals surface area (Å²) in [5.74, 6) is -0.328. The molecule has 0 spiro atoms. The van der Waals surface area contributed by atoms with Gasteiger partial charge in [-0.1, -0.05) is 29.8 Å². The summed E-state index contributed by atoms with van der Waals surface area (Å²) in [4.78, 5) is 0. The van der Waals surface area contributed by atoms with Crippen molar-refractivity contribution in [1.82, 2.24) is 0 Å². The Labute approximate surface area is 113 Å². The highest BCUT2D eigenvalue weighted by Crippen LogP contribution is 2.34. The molecule has 0 saturated heterocycles. The molecule has 0 fully saturated rings. The Morgan fingerprint density at radius 1 is 0.895 bits per heavy atom. The van der Waals surface area contributed by atoms with Gasteiger partial charge in [0, 0.05) is 0 Å². The number of hydrogen-bond acceptors (Lipinski definition) is 1. The van der Waals surface area contributed by atoms with Gasteiger partial charge in [0.15, 0.2) is 0 Å². The molecule has 0 aliphatic heterocycles. The van der Waals surface area contributed by atoms with Crippen molar-refractivity contribution in [2.24, 2.45) is 0 Å². The van der Waals surface area contributed by atoms with Crippen molar-refractivity contribution in [2.45, 2.75) is 33.3 Å². The molecule has 2 rings (SSSR count). The predicted molar refractivity (Wildman–Crippen MR) is 75.7 cm³/mol. The first-order valence-corrected chi connectivity index (χ1v) is 6.39. The first-order chi connectivity index (χ1) is 8.82. The molecule has 1 atom stereocenters. The van der Waals surface area contributed by atoms with Crippen molar-refractivity contribution < 1.29 is 9.50 Å². The highest BCUT2D eigenvalue weighted by molar-refractivity contribution is 5.44. The highest BCUT2D eigenvalue weighted by Gasteiger charge is 2.29. The summed E-state index contributed by atoms with van der Waals surface area (Å²) in [5, 5.41) is 10.9. The molecule has 1 nitrogen and oxygen atoms in total. The van der Waals surface area contributed by atoms with Crippen LogP contribution in [0.4, 0.5) is 4.39 Å². The second kappa shape index (κ2) is 4.78. The monoisotopic (exact) mass is 258 g/mol. The van der Waals surface area contributed by atoms with E-state index in [-0.39, 0.29) is 5.82 Å². The molecule has 19 heavy (non-hydrogen) atoms. The standard InChI is InChI=1S/C17H19FO/c1-11-5-6-12(2)15(9-11)17(4,19)16-10-14(18)8-7-13(16)3/h5-10,19H,1-4H3. The van der Waals surface area contributed by atoms with Crippen molar-refractivity contribution >= 4 is 0 Å². The van der Waals surface area contributed by atoms with E-state index < -0.39 is 5.60 Å². The van der Waals surface area contributed by atoms with Crippen LogP contribution >= 0.6 is 0 Å². The van der Waals surface area contributed by atoms with E-state index in [9.17, 15) is 9.50 Å². The van der Waals surface area contributed by atoms with Gasteiger partial charge in [-0.25, -0.2) is 4.39 Å². The second-order valence-corrected chi connectivity index (χ2v) is 5.35. The zero-order valence-electron chi connectivity index (χ0n) is 11.8. The number of rotatable bonds is 2. The molecule has 1 unspecified atom stereocenters. The fourth-order valence-corrected chi connectivity index (χ4v) is 2.52. The summed E-state index contributed by atoms with van der Waals surface area (Å²) in [6.07, 6.45) is 0. The summed E-state index contributed by atoms with van der Waals surface area (Å²) in [7, 11) is 0. The summed E-state index contributed by atoms with van der Waals surface area (Å²) in [6, 6.07) is 10.5. The highest BCUT2D eigenvalue weighted by atomic mass is 19.1. The summed E-state index contributed by atoms with van der Waals surface area (Å²) in [5.41, 5.74) is 3.20. The Bertz CT molecular complexity index is 561. The number of hydrogen-bond donors (Lipinski definition) is 1. The van der Waals surface area contributed by atoms with Gasteiger partial charge >= 0.3 is 0 Å². The minimum atomic E-state index is -1.19.